The van der Waals surface area contributed by atoms with Crippen molar-refractivity contribution in [2.45, 2.75) is 4.90 Å². The molecule has 3 N–H and O–H groups in total. The minimum atomic E-state index is -3.67. The molecular formula is C12H11NO3S. The van der Waals surface area contributed by atoms with Crippen molar-refractivity contribution in [1.29, 1.82) is 0 Å². The number of benzene rings is 2. The zero-order valence-electron chi connectivity index (χ0n) is 8.87. The van der Waals surface area contributed by atoms with Crippen LogP contribution in [0.4, 0.5) is 0 Å². The third-order valence-corrected chi connectivity index (χ3v) is 3.33. The Balaban J connectivity index is 2.47. The molecule has 0 unspecified atom stereocenters. The van der Waals surface area contributed by atoms with Crippen LogP contribution in [-0.2, 0) is 10.0 Å². The van der Waals surface area contributed by atoms with Crippen molar-refractivity contribution in [3.63, 3.8) is 0 Å². The van der Waals surface area contributed by atoms with Crippen molar-refractivity contribution >= 4 is 10.0 Å². The van der Waals surface area contributed by atoms with Crippen LogP contribution in [0.5, 0.6) is 5.75 Å². The summed E-state index contributed by atoms with van der Waals surface area (Å²) in [5.74, 6) is 0.149. The fourth-order valence-corrected chi connectivity index (χ4v) is 2.06. The fourth-order valence-electron chi connectivity index (χ4n) is 1.54. The summed E-state index contributed by atoms with van der Waals surface area (Å²) in [7, 11) is -3.67. The molecule has 5 heteroatoms. The second kappa shape index (κ2) is 4.20. The van der Waals surface area contributed by atoms with Gasteiger partial charge in [-0.3, -0.25) is 0 Å². The van der Waals surface area contributed by atoms with E-state index in [9.17, 15) is 13.5 Å². The Morgan fingerprint density at radius 2 is 1.53 bits per heavy atom. The van der Waals surface area contributed by atoms with Crippen LogP contribution in [0, 0.1) is 0 Å². The second-order valence-electron chi connectivity index (χ2n) is 3.59. The van der Waals surface area contributed by atoms with Crippen LogP contribution in [0.1, 0.15) is 0 Å². The van der Waals surface area contributed by atoms with Crippen LogP contribution in [0.2, 0.25) is 0 Å². The van der Waals surface area contributed by atoms with E-state index in [0.717, 1.165) is 5.56 Å². The first-order chi connectivity index (χ1) is 7.98. The normalized spacial score (nSPS) is 11.4. The van der Waals surface area contributed by atoms with Crippen molar-refractivity contribution in [2.75, 3.05) is 0 Å². The molecule has 2 rings (SSSR count). The summed E-state index contributed by atoms with van der Waals surface area (Å²) < 4.78 is 22.2. The number of phenols is 1. The topological polar surface area (TPSA) is 80.4 Å². The quantitative estimate of drug-likeness (QED) is 0.850. The number of rotatable bonds is 2. The molecule has 0 spiro atoms. The van der Waals surface area contributed by atoms with E-state index in [2.05, 4.69) is 0 Å². The Morgan fingerprint density at radius 1 is 0.941 bits per heavy atom. The Morgan fingerprint density at radius 3 is 2.06 bits per heavy atom. The van der Waals surface area contributed by atoms with Crippen LogP contribution in [0.15, 0.2) is 53.4 Å². The van der Waals surface area contributed by atoms with E-state index < -0.39 is 10.0 Å². The van der Waals surface area contributed by atoms with E-state index in [1.165, 1.54) is 12.1 Å². The Bertz CT molecular complexity index is 633. The summed E-state index contributed by atoms with van der Waals surface area (Å²) >= 11 is 0. The van der Waals surface area contributed by atoms with E-state index >= 15 is 0 Å². The van der Waals surface area contributed by atoms with Gasteiger partial charge in [-0.25, -0.2) is 13.6 Å². The van der Waals surface area contributed by atoms with Gasteiger partial charge in [0.05, 0.1) is 4.90 Å². The van der Waals surface area contributed by atoms with Crippen LogP contribution in [-0.4, -0.2) is 13.5 Å². The van der Waals surface area contributed by atoms with Gasteiger partial charge in [-0.15, -0.1) is 0 Å². The number of phenolic OH excluding ortho intramolecular Hbond substituents is 1. The summed E-state index contributed by atoms with van der Waals surface area (Å²) in [5.41, 5.74) is 1.38. The maximum atomic E-state index is 11.1. The Kier molecular flexibility index (Phi) is 2.87. The molecule has 0 saturated carbocycles. The monoisotopic (exact) mass is 249 g/mol. The van der Waals surface area contributed by atoms with Gasteiger partial charge in [0.1, 0.15) is 5.75 Å². The largest absolute Gasteiger partial charge is 0.507 e. The number of hydrogen-bond donors (Lipinski definition) is 2. The van der Waals surface area contributed by atoms with Crippen molar-refractivity contribution in [1.82, 2.24) is 0 Å². The Labute approximate surface area is 99.4 Å². The standard InChI is InChI=1S/C12H11NO3S/c13-17(15,16)10-7-5-9(6-8-10)11-3-1-2-4-12(11)14/h1-8,14H,(H2,13,15,16). The van der Waals surface area contributed by atoms with Gasteiger partial charge < -0.3 is 5.11 Å². The molecule has 0 fully saturated rings. The first-order valence-electron chi connectivity index (χ1n) is 4.90. The lowest BCUT2D eigenvalue weighted by Crippen LogP contribution is -2.11. The van der Waals surface area contributed by atoms with Gasteiger partial charge >= 0.3 is 0 Å². The maximum absolute atomic E-state index is 11.1. The van der Waals surface area contributed by atoms with Gasteiger partial charge in [0.25, 0.3) is 0 Å². The van der Waals surface area contributed by atoms with E-state index in [1.54, 1.807) is 36.4 Å². The lowest BCUT2D eigenvalue weighted by atomic mass is 10.1. The second-order valence-corrected chi connectivity index (χ2v) is 5.15. The van der Waals surface area contributed by atoms with Gasteiger partial charge in [-0.2, -0.15) is 0 Å². The predicted molar refractivity (Wildman–Crippen MR) is 64.9 cm³/mol. The molecule has 88 valence electrons. The molecule has 0 saturated heterocycles. The lowest BCUT2D eigenvalue weighted by Gasteiger charge is -2.05. The van der Waals surface area contributed by atoms with Crippen molar-refractivity contribution in [2.24, 2.45) is 5.14 Å². The molecule has 0 heterocycles. The molecule has 0 bridgehead atoms. The molecule has 0 amide bonds. The number of aromatic hydroxyl groups is 1. The lowest BCUT2D eigenvalue weighted by molar-refractivity contribution is 0.477. The van der Waals surface area contributed by atoms with Crippen molar-refractivity contribution in [3.8, 4) is 16.9 Å². The maximum Gasteiger partial charge on any atom is 0.238 e. The summed E-state index contributed by atoms with van der Waals surface area (Å²) in [6.07, 6.45) is 0. The van der Waals surface area contributed by atoms with E-state index in [1.807, 2.05) is 0 Å². The Hall–Kier alpha value is -1.85. The molecule has 0 aliphatic heterocycles. The molecule has 4 nitrogen and oxygen atoms in total. The number of sulfonamides is 1. The van der Waals surface area contributed by atoms with Gasteiger partial charge in [-0.05, 0) is 23.8 Å². The molecule has 17 heavy (non-hydrogen) atoms. The van der Waals surface area contributed by atoms with Gasteiger partial charge in [0.2, 0.25) is 10.0 Å². The molecule has 0 aliphatic carbocycles. The smallest absolute Gasteiger partial charge is 0.238 e. The van der Waals surface area contributed by atoms with Crippen LogP contribution < -0.4 is 5.14 Å². The fraction of sp³-hybridized carbons (Fsp3) is 0. The highest BCUT2D eigenvalue weighted by Gasteiger charge is 2.08. The molecule has 2 aromatic rings. The minimum Gasteiger partial charge on any atom is -0.507 e. The third kappa shape index (κ3) is 2.46. The predicted octanol–water partition coefficient (Wildman–Crippen LogP) is 1.71. The highest BCUT2D eigenvalue weighted by Crippen LogP contribution is 2.28. The molecule has 2 aromatic carbocycles. The molecule has 0 radical (unpaired) electrons. The average molecular weight is 249 g/mol. The highest BCUT2D eigenvalue weighted by atomic mass is 32.2. The van der Waals surface area contributed by atoms with Crippen molar-refractivity contribution < 1.29 is 13.5 Å². The SMILES string of the molecule is NS(=O)(=O)c1ccc(-c2ccccc2O)cc1. The van der Waals surface area contributed by atoms with Crippen molar-refractivity contribution in [3.05, 3.63) is 48.5 Å². The average Bonchev–Trinajstić information content (AvgIpc) is 2.29. The molecule has 0 aliphatic rings. The summed E-state index contributed by atoms with van der Waals surface area (Å²) in [6, 6.07) is 12.9. The molecule has 0 atom stereocenters. The highest BCUT2D eigenvalue weighted by molar-refractivity contribution is 7.89. The van der Waals surface area contributed by atoms with Gasteiger partial charge in [-0.1, -0.05) is 30.3 Å². The minimum absolute atomic E-state index is 0.0525. The number of para-hydroxylation sites is 1. The van der Waals surface area contributed by atoms with E-state index in [-0.39, 0.29) is 10.6 Å². The molecular weight excluding hydrogens is 238 g/mol. The van der Waals surface area contributed by atoms with Gasteiger partial charge in [0, 0.05) is 5.56 Å². The van der Waals surface area contributed by atoms with E-state index in [0.29, 0.717) is 5.56 Å². The number of hydrogen-bond acceptors (Lipinski definition) is 3. The van der Waals surface area contributed by atoms with E-state index in [4.69, 9.17) is 5.14 Å². The summed E-state index contributed by atoms with van der Waals surface area (Å²) in [6.45, 7) is 0. The third-order valence-electron chi connectivity index (χ3n) is 2.40. The number of nitrogens with two attached hydrogens (primary N) is 1. The molecule has 0 aromatic heterocycles. The van der Waals surface area contributed by atoms with Crippen LogP contribution >= 0.6 is 0 Å². The first kappa shape index (κ1) is 11.6. The summed E-state index contributed by atoms with van der Waals surface area (Å²) in [5, 5.41) is 14.6. The zero-order valence-corrected chi connectivity index (χ0v) is 9.68. The van der Waals surface area contributed by atoms with Crippen LogP contribution in [0.25, 0.3) is 11.1 Å². The number of primary sulfonamides is 1. The first-order valence-corrected chi connectivity index (χ1v) is 6.44. The van der Waals surface area contributed by atoms with Gasteiger partial charge in [0.15, 0.2) is 0 Å². The summed E-state index contributed by atoms with van der Waals surface area (Å²) in [4.78, 5) is 0.0525. The zero-order chi connectivity index (χ0) is 12.5. The van der Waals surface area contributed by atoms with Crippen LogP contribution in [0.3, 0.4) is 0 Å².